The van der Waals surface area contributed by atoms with E-state index in [4.69, 9.17) is 4.42 Å². The van der Waals surface area contributed by atoms with Crippen LogP contribution in [0.2, 0.25) is 0 Å². The summed E-state index contributed by atoms with van der Waals surface area (Å²) in [5.74, 6) is 0.671. The number of carbonyl (C=O) groups is 1. The fourth-order valence-corrected chi connectivity index (χ4v) is 2.94. The van der Waals surface area contributed by atoms with Gasteiger partial charge < -0.3 is 9.73 Å². The summed E-state index contributed by atoms with van der Waals surface area (Å²) in [7, 11) is 0. The molecule has 0 aliphatic carbocycles. The molecule has 2 heterocycles. The Bertz CT molecular complexity index is 1100. The van der Waals surface area contributed by atoms with Crippen molar-refractivity contribution in [2.75, 3.05) is 0 Å². The fourth-order valence-electron chi connectivity index (χ4n) is 2.94. The number of carbonyl (C=O) groups excluding carboxylic acids is 1. The van der Waals surface area contributed by atoms with Crippen LogP contribution in [0.3, 0.4) is 0 Å². The van der Waals surface area contributed by atoms with E-state index in [0.717, 1.165) is 11.1 Å². The molecule has 4 aromatic rings. The molecule has 0 aliphatic heterocycles. The maximum Gasteiger partial charge on any atom is 0.270 e. The number of hydrogen-bond acceptors (Lipinski definition) is 5. The highest BCUT2D eigenvalue weighted by Gasteiger charge is 2.21. The normalized spacial score (nSPS) is 12.5. The van der Waals surface area contributed by atoms with Crippen molar-refractivity contribution >= 4 is 17.7 Å². The van der Waals surface area contributed by atoms with Crippen molar-refractivity contribution in [3.63, 3.8) is 0 Å². The number of amides is 1. The van der Waals surface area contributed by atoms with E-state index in [1.54, 1.807) is 24.5 Å². The van der Waals surface area contributed by atoms with Crippen molar-refractivity contribution < 1.29 is 9.21 Å². The molecule has 0 saturated heterocycles. The van der Waals surface area contributed by atoms with Crippen LogP contribution in [0.5, 0.6) is 0 Å². The van der Waals surface area contributed by atoms with E-state index in [1.165, 1.54) is 4.68 Å². The molecule has 0 fully saturated rings. The third-order valence-electron chi connectivity index (χ3n) is 4.43. The van der Waals surface area contributed by atoms with Crippen LogP contribution in [-0.4, -0.2) is 26.1 Å². The maximum atomic E-state index is 13.2. The van der Waals surface area contributed by atoms with Gasteiger partial charge in [-0.3, -0.25) is 4.79 Å². The van der Waals surface area contributed by atoms with Gasteiger partial charge in [-0.05, 0) is 35.0 Å². The number of tetrazole rings is 1. The lowest BCUT2D eigenvalue weighted by atomic mass is 10.1. The Hall–Kier alpha value is -4.00. The second-order valence-corrected chi connectivity index (χ2v) is 6.43. The van der Waals surface area contributed by atoms with Crippen molar-refractivity contribution in [3.05, 3.63) is 90.4 Å². The Morgan fingerprint density at radius 2 is 1.76 bits per heavy atom. The Labute approximate surface area is 167 Å². The molecular formula is C22H19N5O2. The first-order valence-corrected chi connectivity index (χ1v) is 9.17. The van der Waals surface area contributed by atoms with Gasteiger partial charge >= 0.3 is 0 Å². The van der Waals surface area contributed by atoms with Crippen LogP contribution in [0.25, 0.3) is 23.2 Å². The SMILES string of the molecule is CC(NC(=O)/C(=C/c1ccco1)n1nnnc1-c1ccccc1)c1ccccc1. The summed E-state index contributed by atoms with van der Waals surface area (Å²) in [5.41, 5.74) is 2.05. The number of aromatic nitrogens is 4. The van der Waals surface area contributed by atoms with E-state index >= 15 is 0 Å². The third-order valence-corrected chi connectivity index (χ3v) is 4.43. The zero-order valence-electron chi connectivity index (χ0n) is 15.8. The van der Waals surface area contributed by atoms with E-state index in [2.05, 4.69) is 20.8 Å². The molecule has 1 amide bonds. The molecule has 4 rings (SSSR count). The van der Waals surface area contributed by atoms with E-state index in [0.29, 0.717) is 11.6 Å². The highest BCUT2D eigenvalue weighted by Crippen LogP contribution is 2.21. The van der Waals surface area contributed by atoms with Gasteiger partial charge in [0.15, 0.2) is 5.82 Å². The maximum absolute atomic E-state index is 13.2. The minimum Gasteiger partial charge on any atom is -0.465 e. The van der Waals surface area contributed by atoms with Gasteiger partial charge in [0.2, 0.25) is 0 Å². The van der Waals surface area contributed by atoms with Crippen molar-refractivity contribution in [2.24, 2.45) is 0 Å². The minimum absolute atomic E-state index is 0.194. The molecule has 1 atom stereocenters. The average molecular weight is 385 g/mol. The molecule has 29 heavy (non-hydrogen) atoms. The summed E-state index contributed by atoms with van der Waals surface area (Å²) in [5, 5.41) is 15.0. The Morgan fingerprint density at radius 3 is 2.45 bits per heavy atom. The fraction of sp³-hybridized carbons (Fsp3) is 0.0909. The smallest absolute Gasteiger partial charge is 0.270 e. The Kier molecular flexibility index (Phi) is 5.29. The molecule has 0 radical (unpaired) electrons. The average Bonchev–Trinajstić information content (AvgIpc) is 3.45. The van der Waals surface area contributed by atoms with Gasteiger partial charge in [-0.2, -0.15) is 4.68 Å². The lowest BCUT2D eigenvalue weighted by Crippen LogP contribution is -2.30. The third kappa shape index (κ3) is 4.14. The summed E-state index contributed by atoms with van der Waals surface area (Å²) in [6, 6.07) is 22.5. The van der Waals surface area contributed by atoms with E-state index in [1.807, 2.05) is 67.6 Å². The topological polar surface area (TPSA) is 85.8 Å². The minimum atomic E-state index is -0.317. The van der Waals surface area contributed by atoms with E-state index < -0.39 is 0 Å². The molecule has 0 aliphatic rings. The van der Waals surface area contributed by atoms with Crippen LogP contribution < -0.4 is 5.32 Å². The zero-order valence-corrected chi connectivity index (χ0v) is 15.8. The molecule has 144 valence electrons. The second-order valence-electron chi connectivity index (χ2n) is 6.43. The molecule has 1 N–H and O–H groups in total. The standard InChI is InChI=1S/C22H19N5O2/c1-16(17-9-4-2-5-10-17)23-22(28)20(15-19-13-8-14-29-19)27-21(24-25-26-27)18-11-6-3-7-12-18/h2-16H,1H3,(H,23,28)/b20-15-. The van der Waals surface area contributed by atoms with Crippen LogP contribution in [-0.2, 0) is 4.79 Å². The monoisotopic (exact) mass is 385 g/mol. The molecule has 7 heteroatoms. The number of hydrogen-bond donors (Lipinski definition) is 1. The van der Waals surface area contributed by atoms with Crippen LogP contribution in [0.4, 0.5) is 0 Å². The summed E-state index contributed by atoms with van der Waals surface area (Å²) in [6.45, 7) is 1.93. The zero-order chi connectivity index (χ0) is 20.1. The number of nitrogens with one attached hydrogen (secondary N) is 1. The van der Waals surface area contributed by atoms with E-state index in [-0.39, 0.29) is 17.6 Å². The van der Waals surface area contributed by atoms with Crippen molar-refractivity contribution in [2.45, 2.75) is 13.0 Å². The second kappa shape index (κ2) is 8.35. The van der Waals surface area contributed by atoms with Gasteiger partial charge in [-0.15, -0.1) is 5.10 Å². The van der Waals surface area contributed by atoms with E-state index in [9.17, 15) is 4.79 Å². The van der Waals surface area contributed by atoms with Crippen LogP contribution in [0.1, 0.15) is 24.3 Å². The highest BCUT2D eigenvalue weighted by atomic mass is 16.3. The molecule has 0 spiro atoms. The molecular weight excluding hydrogens is 366 g/mol. The van der Waals surface area contributed by atoms with Crippen LogP contribution in [0, 0.1) is 0 Å². The van der Waals surface area contributed by atoms with Crippen molar-refractivity contribution in [3.8, 4) is 11.4 Å². The molecule has 7 nitrogen and oxygen atoms in total. The summed E-state index contributed by atoms with van der Waals surface area (Å²) in [6.07, 6.45) is 3.17. The summed E-state index contributed by atoms with van der Waals surface area (Å²) in [4.78, 5) is 13.2. The molecule has 0 bridgehead atoms. The lowest BCUT2D eigenvalue weighted by Gasteiger charge is -2.16. The first kappa shape index (κ1) is 18.4. The predicted octanol–water partition coefficient (Wildman–Crippen LogP) is 3.81. The van der Waals surface area contributed by atoms with Gasteiger partial charge in [-0.1, -0.05) is 60.7 Å². The largest absolute Gasteiger partial charge is 0.465 e. The van der Waals surface area contributed by atoms with Gasteiger partial charge in [0.25, 0.3) is 5.91 Å². The predicted molar refractivity (Wildman–Crippen MR) is 109 cm³/mol. The highest BCUT2D eigenvalue weighted by molar-refractivity contribution is 6.18. The number of rotatable bonds is 6. The first-order valence-electron chi connectivity index (χ1n) is 9.17. The lowest BCUT2D eigenvalue weighted by molar-refractivity contribution is -0.116. The van der Waals surface area contributed by atoms with Crippen LogP contribution >= 0.6 is 0 Å². The van der Waals surface area contributed by atoms with Gasteiger partial charge in [0.1, 0.15) is 11.5 Å². The van der Waals surface area contributed by atoms with Gasteiger partial charge in [-0.25, -0.2) is 0 Å². The number of furan rings is 1. The summed E-state index contributed by atoms with van der Waals surface area (Å²) < 4.78 is 6.83. The van der Waals surface area contributed by atoms with Gasteiger partial charge in [0, 0.05) is 11.6 Å². The van der Waals surface area contributed by atoms with Crippen molar-refractivity contribution in [1.82, 2.24) is 25.5 Å². The quantitative estimate of drug-likeness (QED) is 0.510. The molecule has 2 aromatic heterocycles. The van der Waals surface area contributed by atoms with Crippen molar-refractivity contribution in [1.29, 1.82) is 0 Å². The number of nitrogens with zero attached hydrogens (tertiary/aromatic N) is 4. The summed E-state index contributed by atoms with van der Waals surface area (Å²) >= 11 is 0. The van der Waals surface area contributed by atoms with Gasteiger partial charge in [0.05, 0.1) is 12.3 Å². The van der Waals surface area contributed by atoms with Crippen LogP contribution in [0.15, 0.2) is 83.5 Å². The first-order chi connectivity index (χ1) is 14.2. The Morgan fingerprint density at radius 1 is 1.03 bits per heavy atom. The number of benzene rings is 2. The Balaban J connectivity index is 1.71. The molecule has 0 saturated carbocycles. The molecule has 1 unspecified atom stereocenters. The molecule has 2 aromatic carbocycles.